The first-order chi connectivity index (χ1) is 21.5. The lowest BCUT2D eigenvalue weighted by Gasteiger charge is -2.46. The van der Waals surface area contributed by atoms with Gasteiger partial charge in [-0.1, -0.05) is 78.9 Å². The van der Waals surface area contributed by atoms with E-state index in [1.54, 1.807) is 6.07 Å². The standard InChI is InChI=1S/C34H30N4O5S/c35-29-30(34(41)43-32(21-9-3-1-4-10-21)22-11-5-2-6-12-22)38-27(39)20-28(38)44-33(29)31(40)25-19-26(37-15-17-42-18-16-37)23-13-7-8-14-24(23)36-25/h1-14,19,28,32-33H,15-18,20,35H2. The molecule has 3 aliphatic rings. The summed E-state index contributed by atoms with van der Waals surface area (Å²) in [6.45, 7) is 2.58. The van der Waals surface area contributed by atoms with E-state index in [1.165, 1.54) is 16.7 Å². The molecular formula is C34H30N4O5S. The maximum absolute atomic E-state index is 14.2. The van der Waals surface area contributed by atoms with Crippen molar-refractivity contribution in [2.24, 2.45) is 5.73 Å². The van der Waals surface area contributed by atoms with Crippen LogP contribution in [0, 0.1) is 0 Å². The van der Waals surface area contributed by atoms with Gasteiger partial charge in [0.05, 0.1) is 36.2 Å². The highest BCUT2D eigenvalue weighted by Crippen LogP contribution is 2.44. The van der Waals surface area contributed by atoms with Crippen molar-refractivity contribution in [1.82, 2.24) is 9.88 Å². The zero-order chi connectivity index (χ0) is 30.2. The normalized spacial score (nSPS) is 20.0. The van der Waals surface area contributed by atoms with Crippen LogP contribution in [0.1, 0.15) is 34.1 Å². The molecule has 2 N–H and O–H groups in total. The van der Waals surface area contributed by atoms with Gasteiger partial charge in [0.1, 0.15) is 10.9 Å². The summed E-state index contributed by atoms with van der Waals surface area (Å²) in [4.78, 5) is 49.2. The molecule has 0 aliphatic carbocycles. The molecule has 44 heavy (non-hydrogen) atoms. The van der Waals surface area contributed by atoms with Gasteiger partial charge in [-0.05, 0) is 23.3 Å². The third kappa shape index (κ3) is 5.10. The number of morpholine rings is 1. The molecule has 7 rings (SSSR count). The highest BCUT2D eigenvalue weighted by atomic mass is 32.2. The van der Waals surface area contributed by atoms with Gasteiger partial charge in [-0.25, -0.2) is 9.78 Å². The summed E-state index contributed by atoms with van der Waals surface area (Å²) in [6.07, 6.45) is -0.536. The third-order valence-corrected chi connectivity index (χ3v) is 9.59. The lowest BCUT2D eigenvalue weighted by molar-refractivity contribution is -0.151. The Hall–Kier alpha value is -4.67. The fraction of sp³-hybridized carbons (Fsp3) is 0.235. The quantitative estimate of drug-likeness (QED) is 0.185. The average Bonchev–Trinajstić information content (AvgIpc) is 3.07. The molecule has 2 saturated heterocycles. The number of amides is 1. The van der Waals surface area contributed by atoms with Gasteiger partial charge in [0.15, 0.2) is 17.6 Å². The molecule has 4 heterocycles. The van der Waals surface area contributed by atoms with E-state index >= 15 is 0 Å². The van der Waals surface area contributed by atoms with Gasteiger partial charge >= 0.3 is 5.97 Å². The number of ether oxygens (including phenoxy) is 2. The van der Waals surface area contributed by atoms with Gasteiger partial charge < -0.3 is 20.1 Å². The number of carbonyl (C=O) groups excluding carboxylic acids is 3. The molecule has 3 aromatic carbocycles. The van der Waals surface area contributed by atoms with Crippen molar-refractivity contribution in [3.05, 3.63) is 119 Å². The van der Waals surface area contributed by atoms with Crippen molar-refractivity contribution >= 4 is 46.0 Å². The molecular weight excluding hydrogens is 576 g/mol. The molecule has 10 heteroatoms. The smallest absolute Gasteiger partial charge is 0.357 e. The van der Waals surface area contributed by atoms with Crippen LogP contribution in [0.2, 0.25) is 0 Å². The average molecular weight is 607 g/mol. The third-order valence-electron chi connectivity index (χ3n) is 8.16. The molecule has 0 saturated carbocycles. The number of pyridine rings is 1. The number of hydrogen-bond donors (Lipinski definition) is 1. The Balaban J connectivity index is 1.25. The Morgan fingerprint density at radius 1 is 0.932 bits per heavy atom. The minimum atomic E-state index is -0.912. The fourth-order valence-electron chi connectivity index (χ4n) is 5.91. The van der Waals surface area contributed by atoms with E-state index in [0.717, 1.165) is 22.2 Å². The van der Waals surface area contributed by atoms with Gasteiger partial charge in [0.2, 0.25) is 5.91 Å². The monoisotopic (exact) mass is 606 g/mol. The number of aromatic nitrogens is 1. The van der Waals surface area contributed by atoms with Crippen LogP contribution in [0.3, 0.4) is 0 Å². The zero-order valence-electron chi connectivity index (χ0n) is 23.8. The molecule has 0 bridgehead atoms. The van der Waals surface area contributed by atoms with Gasteiger partial charge in [0, 0.05) is 24.2 Å². The highest BCUT2D eigenvalue weighted by Gasteiger charge is 2.50. The highest BCUT2D eigenvalue weighted by molar-refractivity contribution is 8.01. The SMILES string of the molecule is NC1=C(C(=O)OC(c2ccccc2)c2ccccc2)N2C(=O)CC2SC1C(=O)c1cc(N2CCOCC2)c2ccccc2n1. The Bertz CT molecular complexity index is 1740. The number of β-lactam (4-membered cyclic amide) rings is 1. The van der Waals surface area contributed by atoms with Crippen molar-refractivity contribution in [1.29, 1.82) is 0 Å². The molecule has 1 amide bonds. The Labute approximate surface area is 258 Å². The zero-order valence-corrected chi connectivity index (χ0v) is 24.6. The fourth-order valence-corrected chi connectivity index (χ4v) is 7.31. The number of anilines is 1. The van der Waals surface area contributed by atoms with Gasteiger partial charge in [0.25, 0.3) is 0 Å². The molecule has 1 aromatic heterocycles. The van der Waals surface area contributed by atoms with E-state index in [1.807, 2.05) is 84.9 Å². The molecule has 222 valence electrons. The number of Topliss-reactive ketones (excluding diaryl/α,β-unsaturated/α-hetero) is 1. The minimum Gasteiger partial charge on any atom is -0.448 e. The second-order valence-electron chi connectivity index (χ2n) is 10.9. The van der Waals surface area contributed by atoms with Crippen molar-refractivity contribution in [3.63, 3.8) is 0 Å². The largest absolute Gasteiger partial charge is 0.448 e. The number of nitrogens with two attached hydrogens (primary N) is 1. The maximum atomic E-state index is 14.2. The van der Waals surface area contributed by atoms with E-state index in [2.05, 4.69) is 4.90 Å². The summed E-state index contributed by atoms with van der Waals surface area (Å²) in [7, 11) is 0. The Kier molecular flexibility index (Phi) is 7.53. The summed E-state index contributed by atoms with van der Waals surface area (Å²) in [5, 5.41) is -0.374. The predicted molar refractivity (Wildman–Crippen MR) is 168 cm³/mol. The van der Waals surface area contributed by atoms with Gasteiger partial charge in [-0.2, -0.15) is 0 Å². The first kappa shape index (κ1) is 28.1. The van der Waals surface area contributed by atoms with E-state index < -0.39 is 22.7 Å². The lowest BCUT2D eigenvalue weighted by Crippen LogP contribution is -2.57. The number of carbonyl (C=O) groups is 3. The number of fused-ring (bicyclic) bond motifs is 2. The van der Waals surface area contributed by atoms with Crippen LogP contribution in [0.4, 0.5) is 5.69 Å². The van der Waals surface area contributed by atoms with Crippen LogP contribution in [-0.4, -0.2) is 64.5 Å². The van der Waals surface area contributed by atoms with Crippen LogP contribution in [0.5, 0.6) is 0 Å². The number of nitrogens with zero attached hydrogens (tertiary/aromatic N) is 3. The van der Waals surface area contributed by atoms with Crippen LogP contribution in [-0.2, 0) is 19.1 Å². The number of rotatable bonds is 7. The number of thioether (sulfide) groups is 1. The number of ketones is 1. The molecule has 2 unspecified atom stereocenters. The summed E-state index contributed by atoms with van der Waals surface area (Å²) in [5.74, 6) is -1.31. The van der Waals surface area contributed by atoms with Crippen molar-refractivity contribution in [3.8, 4) is 0 Å². The van der Waals surface area contributed by atoms with Crippen molar-refractivity contribution in [2.45, 2.75) is 23.1 Å². The first-order valence-corrected chi connectivity index (χ1v) is 15.5. The molecule has 0 radical (unpaired) electrons. The van der Waals surface area contributed by atoms with Gasteiger partial charge in [-0.15, -0.1) is 11.8 Å². The van der Waals surface area contributed by atoms with Gasteiger partial charge in [-0.3, -0.25) is 14.5 Å². The van der Waals surface area contributed by atoms with E-state index in [4.69, 9.17) is 20.2 Å². The minimum absolute atomic E-state index is 0.00273. The number of esters is 1. The topological polar surface area (TPSA) is 115 Å². The van der Waals surface area contributed by atoms with E-state index in [0.29, 0.717) is 31.8 Å². The van der Waals surface area contributed by atoms with Crippen LogP contribution >= 0.6 is 11.8 Å². The summed E-state index contributed by atoms with van der Waals surface area (Å²) < 4.78 is 11.6. The molecule has 2 atom stereocenters. The van der Waals surface area contributed by atoms with Crippen LogP contribution in [0.15, 0.2) is 102 Å². The maximum Gasteiger partial charge on any atom is 0.357 e. The molecule has 3 aliphatic heterocycles. The van der Waals surface area contributed by atoms with Crippen molar-refractivity contribution in [2.75, 3.05) is 31.2 Å². The second kappa shape index (κ2) is 11.8. The summed E-state index contributed by atoms with van der Waals surface area (Å²) in [5.41, 5.74) is 9.96. The number of hydrogen-bond acceptors (Lipinski definition) is 9. The number of benzene rings is 3. The van der Waals surface area contributed by atoms with Crippen LogP contribution < -0.4 is 10.6 Å². The molecule has 9 nitrogen and oxygen atoms in total. The second-order valence-corrected chi connectivity index (χ2v) is 12.1. The lowest BCUT2D eigenvalue weighted by atomic mass is 10.0. The first-order valence-electron chi connectivity index (χ1n) is 14.5. The summed E-state index contributed by atoms with van der Waals surface area (Å²) in [6, 6.07) is 28.3. The van der Waals surface area contributed by atoms with Crippen molar-refractivity contribution < 1.29 is 23.9 Å². The Morgan fingerprint density at radius 3 is 2.23 bits per heavy atom. The molecule has 2 fully saturated rings. The Morgan fingerprint density at radius 2 is 1.57 bits per heavy atom. The predicted octanol–water partition coefficient (Wildman–Crippen LogP) is 4.43. The van der Waals surface area contributed by atoms with E-state index in [-0.39, 0.29) is 35.2 Å². The molecule has 0 spiro atoms. The van der Waals surface area contributed by atoms with Crippen LogP contribution in [0.25, 0.3) is 10.9 Å². The number of para-hydroxylation sites is 1. The van der Waals surface area contributed by atoms with E-state index in [9.17, 15) is 14.4 Å². The molecule has 4 aromatic rings. The summed E-state index contributed by atoms with van der Waals surface area (Å²) >= 11 is 1.27.